The Morgan fingerprint density at radius 1 is 1.11 bits per heavy atom. The molecule has 0 atom stereocenters. The van der Waals surface area contributed by atoms with E-state index in [9.17, 15) is 5.11 Å². The molecular weight excluding hydrogens is 232 g/mol. The van der Waals surface area contributed by atoms with Crippen LogP contribution in [0.4, 0.5) is 0 Å². The molecule has 1 aromatic carbocycles. The Morgan fingerprint density at radius 3 is 2.21 bits per heavy atom. The minimum Gasteiger partial charge on any atom is -0.390 e. The summed E-state index contributed by atoms with van der Waals surface area (Å²) in [7, 11) is 0. The molecule has 0 aromatic heterocycles. The molecule has 0 saturated heterocycles. The molecule has 1 nitrogen and oxygen atoms in total. The molecule has 1 heteroatoms. The molecule has 0 radical (unpaired) electrons. The van der Waals surface area contributed by atoms with Crippen LogP contribution in [0.25, 0.3) is 0 Å². The average Bonchev–Trinajstić information content (AvgIpc) is 2.46. The second kappa shape index (κ2) is 6.56. The first-order valence-electron chi connectivity index (χ1n) is 7.94. The van der Waals surface area contributed by atoms with Crippen molar-refractivity contribution >= 4 is 0 Å². The number of hydrogen-bond donors (Lipinski definition) is 1. The van der Waals surface area contributed by atoms with Crippen LogP contribution in [0.1, 0.15) is 70.3 Å². The van der Waals surface area contributed by atoms with Crippen molar-refractivity contribution in [3.05, 3.63) is 35.9 Å². The molecule has 1 fully saturated rings. The highest BCUT2D eigenvalue weighted by Crippen LogP contribution is 2.41. The highest BCUT2D eigenvalue weighted by Gasteiger charge is 2.34. The maximum Gasteiger partial charge on any atom is 0.0650 e. The van der Waals surface area contributed by atoms with Gasteiger partial charge in [0.15, 0.2) is 0 Å². The van der Waals surface area contributed by atoms with Gasteiger partial charge in [-0.15, -0.1) is 0 Å². The molecule has 1 aliphatic carbocycles. The van der Waals surface area contributed by atoms with Crippen LogP contribution in [-0.4, -0.2) is 10.7 Å². The molecule has 1 N–H and O–H groups in total. The van der Waals surface area contributed by atoms with Gasteiger partial charge in [0.25, 0.3) is 0 Å². The van der Waals surface area contributed by atoms with E-state index in [-0.39, 0.29) is 5.60 Å². The van der Waals surface area contributed by atoms with E-state index in [1.807, 2.05) is 0 Å². The predicted molar refractivity (Wildman–Crippen MR) is 81.3 cm³/mol. The smallest absolute Gasteiger partial charge is 0.0650 e. The van der Waals surface area contributed by atoms with Crippen molar-refractivity contribution in [2.75, 3.05) is 0 Å². The van der Waals surface area contributed by atoms with Crippen molar-refractivity contribution in [1.29, 1.82) is 0 Å². The number of aliphatic hydroxyl groups is 1. The second-order valence-corrected chi connectivity index (χ2v) is 6.30. The topological polar surface area (TPSA) is 20.2 Å². The summed E-state index contributed by atoms with van der Waals surface area (Å²) >= 11 is 0. The SMILES string of the molecule is CCC(CC)CC1(O)CCC(c2ccccc2)CC1. The fraction of sp³-hybridized carbons (Fsp3) is 0.667. The standard InChI is InChI=1S/C18H28O/c1-3-15(4-2)14-18(19)12-10-17(11-13-18)16-8-6-5-7-9-16/h5-9,15,17,19H,3-4,10-14H2,1-2H3. The van der Waals surface area contributed by atoms with E-state index >= 15 is 0 Å². The lowest BCUT2D eigenvalue weighted by atomic mass is 9.72. The quantitative estimate of drug-likeness (QED) is 0.798. The monoisotopic (exact) mass is 260 g/mol. The maximum absolute atomic E-state index is 10.8. The van der Waals surface area contributed by atoms with Crippen LogP contribution in [0.15, 0.2) is 30.3 Å². The van der Waals surface area contributed by atoms with Crippen LogP contribution in [0, 0.1) is 5.92 Å². The molecule has 0 amide bonds. The summed E-state index contributed by atoms with van der Waals surface area (Å²) in [6, 6.07) is 10.8. The van der Waals surface area contributed by atoms with Gasteiger partial charge in [-0.3, -0.25) is 0 Å². The molecule has 0 unspecified atom stereocenters. The van der Waals surface area contributed by atoms with E-state index in [0.29, 0.717) is 11.8 Å². The predicted octanol–water partition coefficient (Wildman–Crippen LogP) is 4.90. The Balaban J connectivity index is 1.91. The molecule has 0 bridgehead atoms. The van der Waals surface area contributed by atoms with E-state index in [0.717, 1.165) is 32.1 Å². The van der Waals surface area contributed by atoms with Gasteiger partial charge in [0.05, 0.1) is 5.60 Å². The summed E-state index contributed by atoms with van der Waals surface area (Å²) in [6.07, 6.45) is 7.62. The van der Waals surface area contributed by atoms with Gasteiger partial charge < -0.3 is 5.11 Å². The zero-order chi connectivity index (χ0) is 13.7. The van der Waals surface area contributed by atoms with E-state index in [1.54, 1.807) is 0 Å². The molecule has 2 rings (SSSR count). The molecule has 0 aliphatic heterocycles. The lowest BCUT2D eigenvalue weighted by molar-refractivity contribution is -0.0228. The van der Waals surface area contributed by atoms with Gasteiger partial charge >= 0.3 is 0 Å². The summed E-state index contributed by atoms with van der Waals surface area (Å²) in [6.45, 7) is 4.49. The van der Waals surface area contributed by atoms with E-state index in [2.05, 4.69) is 44.2 Å². The molecule has 1 aliphatic rings. The van der Waals surface area contributed by atoms with Crippen molar-refractivity contribution in [2.24, 2.45) is 5.92 Å². The first-order chi connectivity index (χ1) is 9.17. The van der Waals surface area contributed by atoms with E-state index < -0.39 is 0 Å². The first kappa shape index (κ1) is 14.6. The Kier molecular flexibility index (Phi) is 5.04. The maximum atomic E-state index is 10.8. The number of hydrogen-bond acceptors (Lipinski definition) is 1. The van der Waals surface area contributed by atoms with Gasteiger partial charge in [0.1, 0.15) is 0 Å². The second-order valence-electron chi connectivity index (χ2n) is 6.30. The largest absolute Gasteiger partial charge is 0.390 e. The Morgan fingerprint density at radius 2 is 1.68 bits per heavy atom. The Bertz CT molecular complexity index is 359. The molecule has 19 heavy (non-hydrogen) atoms. The lowest BCUT2D eigenvalue weighted by Crippen LogP contribution is -2.35. The average molecular weight is 260 g/mol. The lowest BCUT2D eigenvalue weighted by Gasteiger charge is -2.38. The van der Waals surface area contributed by atoms with Crippen LogP contribution >= 0.6 is 0 Å². The fourth-order valence-corrected chi connectivity index (χ4v) is 3.53. The van der Waals surface area contributed by atoms with Crippen LogP contribution in [-0.2, 0) is 0 Å². The van der Waals surface area contributed by atoms with Crippen LogP contribution < -0.4 is 0 Å². The summed E-state index contributed by atoms with van der Waals surface area (Å²) < 4.78 is 0. The van der Waals surface area contributed by atoms with Crippen molar-refractivity contribution in [1.82, 2.24) is 0 Å². The van der Waals surface area contributed by atoms with Crippen molar-refractivity contribution in [3.8, 4) is 0 Å². The van der Waals surface area contributed by atoms with Crippen LogP contribution in [0.3, 0.4) is 0 Å². The Hall–Kier alpha value is -0.820. The molecule has 1 aromatic rings. The molecule has 0 spiro atoms. The van der Waals surface area contributed by atoms with Crippen molar-refractivity contribution < 1.29 is 5.11 Å². The van der Waals surface area contributed by atoms with Crippen molar-refractivity contribution in [2.45, 2.75) is 70.3 Å². The zero-order valence-corrected chi connectivity index (χ0v) is 12.4. The van der Waals surface area contributed by atoms with Gasteiger partial charge in [-0.05, 0) is 49.5 Å². The normalized spacial score (nSPS) is 27.7. The third-order valence-electron chi connectivity index (χ3n) is 5.01. The molecule has 0 heterocycles. The van der Waals surface area contributed by atoms with Crippen LogP contribution in [0.2, 0.25) is 0 Å². The highest BCUT2D eigenvalue weighted by molar-refractivity contribution is 5.20. The summed E-state index contributed by atoms with van der Waals surface area (Å²) in [5.74, 6) is 1.35. The number of rotatable bonds is 5. The van der Waals surface area contributed by atoms with E-state index in [4.69, 9.17) is 0 Å². The summed E-state index contributed by atoms with van der Waals surface area (Å²) in [5, 5.41) is 10.8. The van der Waals surface area contributed by atoms with Gasteiger partial charge in [-0.1, -0.05) is 57.0 Å². The summed E-state index contributed by atoms with van der Waals surface area (Å²) in [5.41, 5.74) is 1.06. The van der Waals surface area contributed by atoms with Gasteiger partial charge in [-0.2, -0.15) is 0 Å². The highest BCUT2D eigenvalue weighted by atomic mass is 16.3. The first-order valence-corrected chi connectivity index (χ1v) is 7.94. The van der Waals surface area contributed by atoms with Gasteiger partial charge in [0.2, 0.25) is 0 Å². The number of benzene rings is 1. The third-order valence-corrected chi connectivity index (χ3v) is 5.01. The molecule has 1 saturated carbocycles. The van der Waals surface area contributed by atoms with Crippen LogP contribution in [0.5, 0.6) is 0 Å². The van der Waals surface area contributed by atoms with Gasteiger partial charge in [0, 0.05) is 0 Å². The fourth-order valence-electron chi connectivity index (χ4n) is 3.53. The minimum atomic E-state index is -0.387. The Labute approximate surface area is 118 Å². The van der Waals surface area contributed by atoms with E-state index in [1.165, 1.54) is 18.4 Å². The third kappa shape index (κ3) is 3.82. The van der Waals surface area contributed by atoms with Crippen molar-refractivity contribution in [3.63, 3.8) is 0 Å². The minimum absolute atomic E-state index is 0.387. The molecular formula is C18H28O. The molecule has 106 valence electrons. The van der Waals surface area contributed by atoms with Gasteiger partial charge in [-0.25, -0.2) is 0 Å². The zero-order valence-electron chi connectivity index (χ0n) is 12.4. The summed E-state index contributed by atoms with van der Waals surface area (Å²) in [4.78, 5) is 0.